The number of nitrogens with zero attached hydrogens (tertiary/aromatic N) is 3. The van der Waals surface area contributed by atoms with Crippen LogP contribution in [0.3, 0.4) is 0 Å². The second kappa shape index (κ2) is 10.2. The summed E-state index contributed by atoms with van der Waals surface area (Å²) in [6, 6.07) is 11.2. The van der Waals surface area contributed by atoms with E-state index in [2.05, 4.69) is 15.5 Å². The third-order valence-electron chi connectivity index (χ3n) is 4.50. The lowest BCUT2D eigenvalue weighted by Crippen LogP contribution is -2.17. The van der Waals surface area contributed by atoms with Crippen LogP contribution in [-0.2, 0) is 4.79 Å². The normalized spacial score (nSPS) is 12.1. The molecule has 0 spiro atoms. The maximum absolute atomic E-state index is 13.1. The number of halogens is 2. The number of thioether (sulfide) groups is 1. The van der Waals surface area contributed by atoms with Crippen molar-refractivity contribution in [3.05, 3.63) is 64.7 Å². The third kappa shape index (κ3) is 5.98. The average Bonchev–Trinajstić information content (AvgIpc) is 3.15. The van der Waals surface area contributed by atoms with Gasteiger partial charge in [0.1, 0.15) is 11.6 Å². The van der Waals surface area contributed by atoms with Gasteiger partial charge in [0, 0.05) is 16.8 Å². The molecule has 31 heavy (non-hydrogen) atoms. The van der Waals surface area contributed by atoms with Crippen molar-refractivity contribution < 1.29 is 13.9 Å². The van der Waals surface area contributed by atoms with Gasteiger partial charge in [-0.2, -0.15) is 0 Å². The Morgan fingerprint density at radius 1 is 1.19 bits per heavy atom. The molecule has 0 aliphatic rings. The minimum absolute atomic E-state index is 0.0602. The molecule has 0 fully saturated rings. The number of aromatic nitrogens is 3. The Morgan fingerprint density at radius 2 is 1.90 bits per heavy atom. The molecule has 0 saturated carbocycles. The molecule has 0 aliphatic heterocycles. The molecule has 0 saturated heterocycles. The zero-order valence-corrected chi connectivity index (χ0v) is 19.3. The molecule has 6 nitrogen and oxygen atoms in total. The van der Waals surface area contributed by atoms with Gasteiger partial charge in [-0.25, -0.2) is 4.39 Å². The largest absolute Gasteiger partial charge is 0.483 e. The summed E-state index contributed by atoms with van der Waals surface area (Å²) in [4.78, 5) is 12.5. The van der Waals surface area contributed by atoms with E-state index in [1.165, 1.54) is 23.9 Å². The van der Waals surface area contributed by atoms with Gasteiger partial charge in [-0.1, -0.05) is 29.4 Å². The van der Waals surface area contributed by atoms with Gasteiger partial charge in [0.25, 0.3) is 0 Å². The van der Waals surface area contributed by atoms with Crippen LogP contribution in [0.5, 0.6) is 5.75 Å². The highest BCUT2D eigenvalue weighted by atomic mass is 35.5. The lowest BCUT2D eigenvalue weighted by molar-refractivity contribution is -0.113. The quantitative estimate of drug-likeness (QED) is 0.426. The summed E-state index contributed by atoms with van der Waals surface area (Å²) in [6.07, 6.45) is -0.405. The van der Waals surface area contributed by atoms with E-state index in [4.69, 9.17) is 16.3 Å². The maximum Gasteiger partial charge on any atom is 0.234 e. The number of carbonyl (C=O) groups excluding carboxylic acids is 1. The topological polar surface area (TPSA) is 69.0 Å². The monoisotopic (exact) mass is 462 g/mol. The van der Waals surface area contributed by atoms with Gasteiger partial charge in [-0.3, -0.25) is 4.79 Å². The molecule has 9 heteroatoms. The Bertz CT molecular complexity index is 1060. The van der Waals surface area contributed by atoms with Crippen molar-refractivity contribution in [3.63, 3.8) is 0 Å². The summed E-state index contributed by atoms with van der Waals surface area (Å²) in [6.45, 7) is 7.78. The van der Waals surface area contributed by atoms with Gasteiger partial charge >= 0.3 is 0 Å². The zero-order valence-electron chi connectivity index (χ0n) is 17.7. The van der Waals surface area contributed by atoms with E-state index in [0.29, 0.717) is 27.4 Å². The predicted octanol–water partition coefficient (Wildman–Crippen LogP) is 5.83. The van der Waals surface area contributed by atoms with Crippen LogP contribution in [-0.4, -0.2) is 26.4 Å². The molecule has 1 atom stereocenters. The fourth-order valence-electron chi connectivity index (χ4n) is 2.96. The van der Waals surface area contributed by atoms with E-state index in [9.17, 15) is 9.18 Å². The number of amides is 1. The summed E-state index contributed by atoms with van der Waals surface area (Å²) in [5.74, 6) is 0.857. The fourth-order valence-corrected chi connectivity index (χ4v) is 4.01. The van der Waals surface area contributed by atoms with Crippen LogP contribution >= 0.6 is 23.4 Å². The van der Waals surface area contributed by atoms with Crippen molar-refractivity contribution in [1.29, 1.82) is 0 Å². The first-order valence-corrected chi connectivity index (χ1v) is 11.2. The molecule has 0 aliphatic carbocycles. The zero-order chi connectivity index (χ0) is 22.5. The second-order valence-electron chi connectivity index (χ2n) is 7.31. The van der Waals surface area contributed by atoms with Crippen molar-refractivity contribution in [2.45, 2.75) is 45.0 Å². The number of hydrogen-bond donors (Lipinski definition) is 1. The minimum Gasteiger partial charge on any atom is -0.483 e. The molecular formula is C22H24ClFN4O2S. The number of carbonyl (C=O) groups is 1. The fraction of sp³-hybridized carbons (Fsp3) is 0.318. The number of anilines is 1. The van der Waals surface area contributed by atoms with Crippen molar-refractivity contribution in [2.75, 3.05) is 11.1 Å². The van der Waals surface area contributed by atoms with Crippen molar-refractivity contribution in [1.82, 2.24) is 14.8 Å². The van der Waals surface area contributed by atoms with Crippen molar-refractivity contribution in [3.8, 4) is 5.75 Å². The van der Waals surface area contributed by atoms with Crippen LogP contribution in [0.1, 0.15) is 44.3 Å². The highest BCUT2D eigenvalue weighted by Gasteiger charge is 2.22. The summed E-state index contributed by atoms with van der Waals surface area (Å²) in [5.41, 5.74) is 1.62. The van der Waals surface area contributed by atoms with Crippen LogP contribution in [0.2, 0.25) is 5.02 Å². The molecule has 0 bridgehead atoms. The molecule has 1 amide bonds. The number of rotatable bonds is 8. The molecule has 1 heterocycles. The average molecular weight is 463 g/mol. The number of nitrogens with one attached hydrogen (secondary N) is 1. The highest BCUT2D eigenvalue weighted by Crippen LogP contribution is 2.28. The van der Waals surface area contributed by atoms with Gasteiger partial charge in [0.2, 0.25) is 5.91 Å². The standard InChI is InChI=1S/C22H24ClFN4O2S/c1-13(2)28-21(15(4)30-18-9-7-17(24)8-10-18)26-27-22(28)31-12-20(29)25-19-11-16(23)6-5-14(19)3/h5-11,13,15H,12H2,1-4H3,(H,25,29). The van der Waals surface area contributed by atoms with E-state index in [-0.39, 0.29) is 23.5 Å². The predicted molar refractivity (Wildman–Crippen MR) is 121 cm³/mol. The Hall–Kier alpha value is -2.58. The number of aryl methyl sites for hydroxylation is 1. The number of ether oxygens (including phenoxy) is 1. The van der Waals surface area contributed by atoms with Gasteiger partial charge in [-0.05, 0) is 69.7 Å². The number of benzene rings is 2. The summed E-state index contributed by atoms with van der Waals surface area (Å²) in [5, 5.41) is 12.6. The first kappa shape index (κ1) is 23.1. The third-order valence-corrected chi connectivity index (χ3v) is 5.68. The molecule has 2 aromatic carbocycles. The summed E-state index contributed by atoms with van der Waals surface area (Å²) >= 11 is 7.32. The molecular weight excluding hydrogens is 439 g/mol. The maximum atomic E-state index is 13.1. The van der Waals surface area contributed by atoms with Gasteiger partial charge in [0.15, 0.2) is 17.1 Å². The van der Waals surface area contributed by atoms with Gasteiger partial charge in [0.05, 0.1) is 5.75 Å². The molecule has 1 unspecified atom stereocenters. The Labute approximate surface area is 190 Å². The second-order valence-corrected chi connectivity index (χ2v) is 8.69. The van der Waals surface area contributed by atoms with E-state index in [1.807, 2.05) is 38.3 Å². The van der Waals surface area contributed by atoms with E-state index in [0.717, 1.165) is 5.56 Å². The lowest BCUT2D eigenvalue weighted by Gasteiger charge is -2.19. The van der Waals surface area contributed by atoms with Crippen molar-refractivity contribution in [2.24, 2.45) is 0 Å². The smallest absolute Gasteiger partial charge is 0.234 e. The lowest BCUT2D eigenvalue weighted by atomic mass is 10.2. The molecule has 1 aromatic heterocycles. The first-order chi connectivity index (χ1) is 14.7. The Morgan fingerprint density at radius 3 is 2.58 bits per heavy atom. The highest BCUT2D eigenvalue weighted by molar-refractivity contribution is 7.99. The van der Waals surface area contributed by atoms with E-state index >= 15 is 0 Å². The van der Waals surface area contributed by atoms with Gasteiger partial charge in [-0.15, -0.1) is 10.2 Å². The van der Waals surface area contributed by atoms with Crippen LogP contribution in [0.25, 0.3) is 0 Å². The Kier molecular flexibility index (Phi) is 7.56. The molecule has 3 rings (SSSR count). The number of hydrogen-bond acceptors (Lipinski definition) is 5. The SMILES string of the molecule is Cc1ccc(Cl)cc1NC(=O)CSc1nnc(C(C)Oc2ccc(F)cc2)n1C(C)C. The van der Waals surface area contributed by atoms with E-state index < -0.39 is 6.10 Å². The molecule has 0 radical (unpaired) electrons. The van der Waals surface area contributed by atoms with Crippen LogP contribution in [0.4, 0.5) is 10.1 Å². The minimum atomic E-state index is -0.405. The van der Waals surface area contributed by atoms with Crippen LogP contribution in [0.15, 0.2) is 47.6 Å². The first-order valence-electron chi connectivity index (χ1n) is 9.80. The van der Waals surface area contributed by atoms with Gasteiger partial charge < -0.3 is 14.6 Å². The van der Waals surface area contributed by atoms with Crippen molar-refractivity contribution >= 4 is 35.0 Å². The van der Waals surface area contributed by atoms with Crippen LogP contribution in [0, 0.1) is 12.7 Å². The molecule has 3 aromatic rings. The van der Waals surface area contributed by atoms with E-state index in [1.54, 1.807) is 24.3 Å². The molecule has 1 N–H and O–H groups in total. The molecule has 164 valence electrons. The summed E-state index contributed by atoms with van der Waals surface area (Å²) in [7, 11) is 0. The van der Waals surface area contributed by atoms with Crippen LogP contribution < -0.4 is 10.1 Å². The Balaban J connectivity index is 1.69. The summed E-state index contributed by atoms with van der Waals surface area (Å²) < 4.78 is 21.0.